The van der Waals surface area contributed by atoms with Crippen molar-refractivity contribution in [1.82, 2.24) is 4.57 Å². The van der Waals surface area contributed by atoms with Crippen LogP contribution in [0.15, 0.2) is 23.6 Å². The molecule has 1 atom stereocenters. The number of carbonyl (C=O) groups is 1. The molecule has 2 aliphatic rings. The van der Waals surface area contributed by atoms with Gasteiger partial charge in [-0.2, -0.15) is 0 Å². The highest BCUT2D eigenvalue weighted by molar-refractivity contribution is 6.00. The number of esters is 1. The van der Waals surface area contributed by atoms with Crippen LogP contribution in [0.3, 0.4) is 0 Å². The van der Waals surface area contributed by atoms with E-state index < -0.39 is 28.7 Å². The number of ether oxygens (including phenoxy) is 1. The first-order chi connectivity index (χ1) is 13.8. The van der Waals surface area contributed by atoms with E-state index in [0.717, 1.165) is 12.8 Å². The topological polar surface area (TPSA) is 104 Å². The number of anilines is 2. The number of nitrogens with two attached hydrogens (primary N) is 2. The van der Waals surface area contributed by atoms with Crippen molar-refractivity contribution in [1.29, 1.82) is 0 Å². The Hall–Kier alpha value is -2.94. The van der Waals surface area contributed by atoms with Crippen molar-refractivity contribution in [3.05, 3.63) is 46.3 Å². The fourth-order valence-corrected chi connectivity index (χ4v) is 3.82. The number of nitrogens with zero attached hydrogens (tertiary/aromatic N) is 2. The second-order valence-corrected chi connectivity index (χ2v) is 7.51. The van der Waals surface area contributed by atoms with E-state index in [9.17, 15) is 9.59 Å². The highest BCUT2D eigenvalue weighted by Crippen LogP contribution is 2.42. The molecule has 1 unspecified atom stereocenters. The number of halogens is 2. The predicted molar refractivity (Wildman–Crippen MR) is 106 cm³/mol. The zero-order valence-corrected chi connectivity index (χ0v) is 15.8. The molecule has 4 N–H and O–H groups in total. The highest BCUT2D eigenvalue weighted by atomic mass is 19.1. The van der Waals surface area contributed by atoms with Gasteiger partial charge in [-0.1, -0.05) is 12.7 Å². The molecule has 7 nitrogen and oxygen atoms in total. The summed E-state index contributed by atoms with van der Waals surface area (Å²) in [6.45, 7) is 4.04. The number of aromatic nitrogens is 1. The van der Waals surface area contributed by atoms with E-state index in [4.69, 9.17) is 16.2 Å². The van der Waals surface area contributed by atoms with Crippen molar-refractivity contribution >= 4 is 28.2 Å². The Bertz CT molecular complexity index is 1080. The van der Waals surface area contributed by atoms with Crippen molar-refractivity contribution in [3.63, 3.8) is 0 Å². The summed E-state index contributed by atoms with van der Waals surface area (Å²) in [6.07, 6.45) is 4.74. The molecule has 1 aliphatic heterocycles. The normalized spacial score (nSPS) is 19.0. The maximum absolute atomic E-state index is 15.6. The molecule has 0 spiro atoms. The molecule has 2 aromatic rings. The van der Waals surface area contributed by atoms with Gasteiger partial charge in [-0.25, -0.2) is 13.6 Å². The van der Waals surface area contributed by atoms with Gasteiger partial charge in [-0.15, -0.1) is 0 Å². The lowest BCUT2D eigenvalue weighted by Crippen LogP contribution is -2.29. The van der Waals surface area contributed by atoms with Gasteiger partial charge in [0.05, 0.1) is 16.6 Å². The number of hydrogen-bond donors (Lipinski definition) is 2. The zero-order valence-electron chi connectivity index (χ0n) is 15.8. The monoisotopic (exact) mass is 404 g/mol. The van der Waals surface area contributed by atoms with Crippen LogP contribution in [0.2, 0.25) is 0 Å². The van der Waals surface area contributed by atoms with Crippen molar-refractivity contribution in [2.45, 2.75) is 31.3 Å². The predicted octanol–water partition coefficient (Wildman–Crippen LogP) is 2.08. The molecule has 154 valence electrons. The first-order valence-electron chi connectivity index (χ1n) is 9.49. The van der Waals surface area contributed by atoms with Gasteiger partial charge in [0.2, 0.25) is 5.43 Å². The van der Waals surface area contributed by atoms with Gasteiger partial charge in [0, 0.05) is 31.4 Å². The van der Waals surface area contributed by atoms with E-state index >= 15 is 8.78 Å². The number of carbonyl (C=O) groups excluding carboxylic acids is 1. The lowest BCUT2D eigenvalue weighted by Gasteiger charge is -2.23. The summed E-state index contributed by atoms with van der Waals surface area (Å²) in [5, 5.41) is -0.341. The van der Waals surface area contributed by atoms with Crippen LogP contribution in [0.5, 0.6) is 0 Å². The third-order valence-corrected chi connectivity index (χ3v) is 5.40. The minimum Gasteiger partial charge on any atom is -0.458 e. The largest absolute Gasteiger partial charge is 0.458 e. The molecule has 29 heavy (non-hydrogen) atoms. The van der Waals surface area contributed by atoms with Crippen LogP contribution in [-0.4, -0.2) is 36.3 Å². The van der Waals surface area contributed by atoms with Crippen LogP contribution in [0.1, 0.15) is 35.7 Å². The van der Waals surface area contributed by atoms with Crippen LogP contribution in [-0.2, 0) is 4.74 Å². The molecule has 9 heteroatoms. The Kier molecular flexibility index (Phi) is 4.77. The first-order valence-corrected chi connectivity index (χ1v) is 9.49. The summed E-state index contributed by atoms with van der Waals surface area (Å²) in [5.74, 6) is -2.77. The lowest BCUT2D eigenvalue weighted by atomic mass is 10.1. The molecule has 1 saturated heterocycles. The Morgan fingerprint density at radius 1 is 1.31 bits per heavy atom. The Labute approximate surface area is 165 Å². The minimum atomic E-state index is -1.01. The van der Waals surface area contributed by atoms with Gasteiger partial charge in [0.25, 0.3) is 0 Å². The fourth-order valence-electron chi connectivity index (χ4n) is 3.82. The summed E-state index contributed by atoms with van der Waals surface area (Å²) in [4.78, 5) is 26.8. The van der Waals surface area contributed by atoms with Gasteiger partial charge in [0.1, 0.15) is 17.9 Å². The lowest BCUT2D eigenvalue weighted by molar-refractivity contribution is 0.0547. The average molecular weight is 404 g/mol. The number of benzene rings is 1. The Balaban J connectivity index is 1.99. The molecule has 4 rings (SSSR count). The molecule has 2 fully saturated rings. The molecule has 1 aromatic heterocycles. The summed E-state index contributed by atoms with van der Waals surface area (Å²) in [7, 11) is 0. The fraction of sp³-hybridized carbons (Fsp3) is 0.400. The van der Waals surface area contributed by atoms with Crippen molar-refractivity contribution in [2.75, 3.05) is 30.3 Å². The average Bonchev–Trinajstić information content (AvgIpc) is 3.45. The standard InChI is InChI=1S/C20H22F2N4O3/c1-2-7-29-20(28)12-9-26(11-3-4-11)17-13(19(12)27)16(24)14(21)18(15(17)22)25-6-5-10(23)8-25/h2,9-11H,1,3-8,23-24H2. The zero-order chi connectivity index (χ0) is 20.9. The Morgan fingerprint density at radius 2 is 2.03 bits per heavy atom. The van der Waals surface area contributed by atoms with Gasteiger partial charge < -0.3 is 25.7 Å². The molecule has 1 aliphatic carbocycles. The van der Waals surface area contributed by atoms with E-state index in [-0.39, 0.29) is 40.8 Å². The molecular weight excluding hydrogens is 382 g/mol. The molecule has 2 heterocycles. The third kappa shape index (κ3) is 3.15. The smallest absolute Gasteiger partial charge is 0.343 e. The Morgan fingerprint density at radius 3 is 2.62 bits per heavy atom. The van der Waals surface area contributed by atoms with Crippen LogP contribution < -0.4 is 21.8 Å². The summed E-state index contributed by atoms with van der Waals surface area (Å²) < 4.78 is 37.2. The second kappa shape index (κ2) is 7.14. The van der Waals surface area contributed by atoms with Crippen molar-refractivity contribution in [2.24, 2.45) is 5.73 Å². The van der Waals surface area contributed by atoms with Crippen LogP contribution in [0.25, 0.3) is 10.9 Å². The van der Waals surface area contributed by atoms with E-state index in [1.54, 1.807) is 0 Å². The van der Waals surface area contributed by atoms with Crippen molar-refractivity contribution in [3.8, 4) is 0 Å². The SMILES string of the molecule is C=CCOC(=O)c1cn(C2CC2)c2c(F)c(N3CCC(N)C3)c(F)c(N)c2c1=O. The molecule has 0 amide bonds. The van der Waals surface area contributed by atoms with E-state index in [1.165, 1.54) is 21.7 Å². The number of hydrogen-bond acceptors (Lipinski definition) is 6. The number of fused-ring (bicyclic) bond motifs is 1. The minimum absolute atomic E-state index is 0.0906. The van der Waals surface area contributed by atoms with E-state index in [2.05, 4.69) is 6.58 Å². The van der Waals surface area contributed by atoms with Crippen LogP contribution in [0, 0.1) is 11.6 Å². The summed E-state index contributed by atoms with van der Waals surface area (Å²) in [5.41, 5.74) is 9.84. The van der Waals surface area contributed by atoms with Gasteiger partial charge in [-0.3, -0.25) is 4.79 Å². The van der Waals surface area contributed by atoms with Crippen LogP contribution >= 0.6 is 0 Å². The molecule has 1 saturated carbocycles. The summed E-state index contributed by atoms with van der Waals surface area (Å²) >= 11 is 0. The maximum Gasteiger partial charge on any atom is 0.343 e. The summed E-state index contributed by atoms with van der Waals surface area (Å²) in [6, 6.07) is -0.296. The first kappa shape index (κ1) is 19.4. The van der Waals surface area contributed by atoms with Gasteiger partial charge in [-0.05, 0) is 19.3 Å². The van der Waals surface area contributed by atoms with E-state index in [1.807, 2.05) is 0 Å². The van der Waals surface area contributed by atoms with Crippen molar-refractivity contribution < 1.29 is 18.3 Å². The molecular formula is C20H22F2N4O3. The molecule has 1 aromatic carbocycles. The number of rotatable bonds is 5. The third-order valence-electron chi connectivity index (χ3n) is 5.40. The number of nitrogen functional groups attached to an aromatic ring is 1. The van der Waals surface area contributed by atoms with Crippen LogP contribution in [0.4, 0.5) is 20.2 Å². The maximum atomic E-state index is 15.6. The van der Waals surface area contributed by atoms with Gasteiger partial charge in [0.15, 0.2) is 11.6 Å². The number of pyridine rings is 1. The second-order valence-electron chi connectivity index (χ2n) is 7.51. The quantitative estimate of drug-likeness (QED) is 0.449. The molecule has 0 bridgehead atoms. The van der Waals surface area contributed by atoms with Gasteiger partial charge >= 0.3 is 5.97 Å². The van der Waals surface area contributed by atoms with E-state index in [0.29, 0.717) is 19.5 Å². The molecule has 0 radical (unpaired) electrons. The highest BCUT2D eigenvalue weighted by Gasteiger charge is 2.34.